The van der Waals surface area contributed by atoms with E-state index >= 15 is 0 Å². The summed E-state index contributed by atoms with van der Waals surface area (Å²) in [4.78, 5) is 37.8. The number of hydrogen-bond acceptors (Lipinski definition) is 5. The number of ether oxygens (including phenoxy) is 1. The molecule has 0 radical (unpaired) electrons. The molecule has 1 heterocycles. The topological polar surface area (TPSA) is 102 Å². The van der Waals surface area contributed by atoms with Crippen molar-refractivity contribution in [1.29, 1.82) is 0 Å². The van der Waals surface area contributed by atoms with Crippen molar-refractivity contribution in [3.63, 3.8) is 0 Å². The Morgan fingerprint density at radius 3 is 2.42 bits per heavy atom. The second kappa shape index (κ2) is 9.91. The van der Waals surface area contributed by atoms with Gasteiger partial charge in [-0.25, -0.2) is 0 Å². The van der Waals surface area contributed by atoms with E-state index in [1.165, 1.54) is 0 Å². The van der Waals surface area contributed by atoms with Crippen molar-refractivity contribution in [1.82, 2.24) is 4.90 Å². The van der Waals surface area contributed by atoms with Gasteiger partial charge >= 0.3 is 5.97 Å². The number of likely N-dealkylation sites (tertiary alicyclic amines) is 1. The van der Waals surface area contributed by atoms with Crippen molar-refractivity contribution in [2.24, 2.45) is 11.7 Å². The smallest absolute Gasteiger partial charge is 0.309 e. The Labute approximate surface area is 153 Å². The van der Waals surface area contributed by atoms with E-state index in [0.29, 0.717) is 63.2 Å². The summed E-state index contributed by atoms with van der Waals surface area (Å²) in [6.07, 6.45) is 2.27. The summed E-state index contributed by atoms with van der Waals surface area (Å²) in [7, 11) is 0. The molecule has 1 aliphatic heterocycles. The summed E-state index contributed by atoms with van der Waals surface area (Å²) < 4.78 is 5.05. The lowest BCUT2D eigenvalue weighted by atomic mass is 9.96. The first-order valence-electron chi connectivity index (χ1n) is 9.11. The fraction of sp³-hybridized carbons (Fsp3) is 0.526. The molecule has 0 bridgehead atoms. The molecule has 1 saturated heterocycles. The Hall–Kier alpha value is -2.41. The van der Waals surface area contributed by atoms with Crippen molar-refractivity contribution >= 4 is 23.5 Å². The van der Waals surface area contributed by atoms with E-state index in [-0.39, 0.29) is 23.7 Å². The highest BCUT2D eigenvalue weighted by atomic mass is 16.5. The van der Waals surface area contributed by atoms with Crippen LogP contribution in [0.2, 0.25) is 0 Å². The van der Waals surface area contributed by atoms with E-state index in [2.05, 4.69) is 5.32 Å². The maximum absolute atomic E-state index is 12.6. The van der Waals surface area contributed by atoms with E-state index < -0.39 is 0 Å². The summed E-state index contributed by atoms with van der Waals surface area (Å²) in [6, 6.07) is 6.86. The number of piperidine rings is 1. The molecule has 7 heteroatoms. The second-order valence-corrected chi connectivity index (χ2v) is 6.34. The fourth-order valence-electron chi connectivity index (χ4n) is 2.94. The number of nitrogens with one attached hydrogen (secondary N) is 1. The zero-order valence-electron chi connectivity index (χ0n) is 15.2. The standard InChI is InChI=1S/C19H27N3O4/c1-2-26-19(25)15-9-12-22(13-10-15)18(24)14-5-7-16(8-6-14)21-17(23)4-3-11-20/h5-8,15H,2-4,9-13,20H2,1H3,(H,21,23). The van der Waals surface area contributed by atoms with E-state index in [0.717, 1.165) is 0 Å². The van der Waals surface area contributed by atoms with Gasteiger partial charge in [0.2, 0.25) is 5.91 Å². The van der Waals surface area contributed by atoms with Crippen LogP contribution in [0.3, 0.4) is 0 Å². The zero-order valence-corrected chi connectivity index (χ0v) is 15.2. The third kappa shape index (κ3) is 5.56. The first-order chi connectivity index (χ1) is 12.5. The molecule has 7 nitrogen and oxygen atoms in total. The first-order valence-corrected chi connectivity index (χ1v) is 9.11. The van der Waals surface area contributed by atoms with Gasteiger partial charge in [-0.3, -0.25) is 14.4 Å². The van der Waals surface area contributed by atoms with Gasteiger partial charge in [0.25, 0.3) is 5.91 Å². The average Bonchev–Trinajstić information content (AvgIpc) is 2.66. The second-order valence-electron chi connectivity index (χ2n) is 6.34. The minimum absolute atomic E-state index is 0.0617. The molecule has 1 aromatic carbocycles. The van der Waals surface area contributed by atoms with Crippen molar-refractivity contribution in [3.8, 4) is 0 Å². The Morgan fingerprint density at radius 2 is 1.85 bits per heavy atom. The van der Waals surface area contributed by atoms with Crippen LogP contribution in [-0.4, -0.2) is 48.9 Å². The van der Waals surface area contributed by atoms with Gasteiger partial charge < -0.3 is 20.7 Å². The van der Waals surface area contributed by atoms with E-state index in [1.807, 2.05) is 0 Å². The SMILES string of the molecule is CCOC(=O)C1CCN(C(=O)c2ccc(NC(=O)CCCN)cc2)CC1. The number of hydrogen-bond donors (Lipinski definition) is 2. The number of rotatable bonds is 7. The van der Waals surface area contributed by atoms with Crippen LogP contribution in [0, 0.1) is 5.92 Å². The number of nitrogens with zero attached hydrogens (tertiary/aromatic N) is 1. The Bertz CT molecular complexity index is 622. The minimum Gasteiger partial charge on any atom is -0.466 e. The molecule has 1 aliphatic rings. The molecule has 2 amide bonds. The molecule has 1 aromatic rings. The Kier molecular flexibility index (Phi) is 7.59. The predicted octanol–water partition coefficient (Wildman–Crippen LogP) is 1.78. The molecular formula is C19H27N3O4. The number of carbonyl (C=O) groups is 3. The quantitative estimate of drug-likeness (QED) is 0.721. The normalized spacial score (nSPS) is 14.8. The van der Waals surface area contributed by atoms with Crippen LogP contribution in [0.5, 0.6) is 0 Å². The Balaban J connectivity index is 1.86. The Morgan fingerprint density at radius 1 is 1.19 bits per heavy atom. The molecule has 0 spiro atoms. The molecule has 2 rings (SSSR count). The monoisotopic (exact) mass is 361 g/mol. The fourth-order valence-corrected chi connectivity index (χ4v) is 2.94. The number of benzene rings is 1. The third-order valence-electron chi connectivity index (χ3n) is 4.43. The maximum Gasteiger partial charge on any atom is 0.309 e. The predicted molar refractivity (Wildman–Crippen MR) is 98.6 cm³/mol. The van der Waals surface area contributed by atoms with Gasteiger partial charge in [0.05, 0.1) is 12.5 Å². The van der Waals surface area contributed by atoms with Gasteiger partial charge in [-0.1, -0.05) is 0 Å². The van der Waals surface area contributed by atoms with Crippen LogP contribution >= 0.6 is 0 Å². The summed E-state index contributed by atoms with van der Waals surface area (Å²) in [5.74, 6) is -0.441. The molecule has 0 unspecified atom stereocenters. The highest BCUT2D eigenvalue weighted by molar-refractivity contribution is 5.96. The number of anilines is 1. The van der Waals surface area contributed by atoms with Crippen LogP contribution in [-0.2, 0) is 14.3 Å². The molecule has 0 aliphatic carbocycles. The van der Waals surface area contributed by atoms with E-state index in [1.54, 1.807) is 36.1 Å². The molecule has 142 valence electrons. The summed E-state index contributed by atoms with van der Waals surface area (Å²) in [5.41, 5.74) is 6.61. The van der Waals surface area contributed by atoms with Crippen molar-refractivity contribution in [3.05, 3.63) is 29.8 Å². The molecule has 0 saturated carbocycles. The summed E-state index contributed by atoms with van der Waals surface area (Å²) >= 11 is 0. The number of nitrogens with two attached hydrogens (primary N) is 1. The zero-order chi connectivity index (χ0) is 18.9. The van der Waals surface area contributed by atoms with Crippen molar-refractivity contribution < 1.29 is 19.1 Å². The van der Waals surface area contributed by atoms with Crippen LogP contribution in [0.15, 0.2) is 24.3 Å². The molecule has 3 N–H and O–H groups in total. The number of carbonyl (C=O) groups excluding carboxylic acids is 3. The lowest BCUT2D eigenvalue weighted by molar-refractivity contribution is -0.149. The largest absolute Gasteiger partial charge is 0.466 e. The number of amides is 2. The van der Waals surface area contributed by atoms with E-state index in [9.17, 15) is 14.4 Å². The maximum atomic E-state index is 12.6. The lowest BCUT2D eigenvalue weighted by Crippen LogP contribution is -2.40. The molecule has 26 heavy (non-hydrogen) atoms. The van der Waals surface area contributed by atoms with Gasteiger partial charge in [0.1, 0.15) is 0 Å². The highest BCUT2D eigenvalue weighted by Crippen LogP contribution is 2.21. The van der Waals surface area contributed by atoms with Gasteiger partial charge in [-0.2, -0.15) is 0 Å². The van der Waals surface area contributed by atoms with Gasteiger partial charge in [0.15, 0.2) is 0 Å². The van der Waals surface area contributed by atoms with Crippen LogP contribution in [0.4, 0.5) is 5.69 Å². The molecule has 0 aromatic heterocycles. The van der Waals surface area contributed by atoms with Gasteiger partial charge in [0, 0.05) is 30.8 Å². The first kappa shape index (κ1) is 19.9. The highest BCUT2D eigenvalue weighted by Gasteiger charge is 2.28. The minimum atomic E-state index is -0.172. The van der Waals surface area contributed by atoms with Crippen molar-refractivity contribution in [2.45, 2.75) is 32.6 Å². The van der Waals surface area contributed by atoms with E-state index in [4.69, 9.17) is 10.5 Å². The average molecular weight is 361 g/mol. The lowest BCUT2D eigenvalue weighted by Gasteiger charge is -2.31. The third-order valence-corrected chi connectivity index (χ3v) is 4.43. The number of esters is 1. The van der Waals surface area contributed by atoms with Crippen molar-refractivity contribution in [2.75, 3.05) is 31.6 Å². The summed E-state index contributed by atoms with van der Waals surface area (Å²) in [5, 5.41) is 2.78. The van der Waals surface area contributed by atoms with Gasteiger partial charge in [-0.05, 0) is 57.0 Å². The van der Waals surface area contributed by atoms with Gasteiger partial charge in [-0.15, -0.1) is 0 Å². The van der Waals surface area contributed by atoms with Crippen LogP contribution in [0.1, 0.15) is 43.0 Å². The summed E-state index contributed by atoms with van der Waals surface area (Å²) in [6.45, 7) is 3.74. The van der Waals surface area contributed by atoms with Crippen LogP contribution in [0.25, 0.3) is 0 Å². The molecular weight excluding hydrogens is 334 g/mol. The van der Waals surface area contributed by atoms with Crippen LogP contribution < -0.4 is 11.1 Å². The molecule has 1 fully saturated rings. The molecule has 0 atom stereocenters.